The van der Waals surface area contributed by atoms with Crippen molar-refractivity contribution in [2.45, 2.75) is 33.1 Å². The van der Waals surface area contributed by atoms with Gasteiger partial charge in [0.1, 0.15) is 0 Å². The summed E-state index contributed by atoms with van der Waals surface area (Å²) in [7, 11) is 2.11. The first-order chi connectivity index (χ1) is 10.1. The Kier molecular flexibility index (Phi) is 6.23. The molecular weight excluding hydrogens is 254 g/mol. The van der Waals surface area contributed by atoms with Crippen molar-refractivity contribution in [2.75, 3.05) is 0 Å². The molecule has 0 radical (unpaired) electrons. The highest BCUT2D eigenvalue weighted by molar-refractivity contribution is 5.75. The van der Waals surface area contributed by atoms with Crippen molar-refractivity contribution in [1.82, 2.24) is 4.57 Å². The normalized spacial score (nSPS) is 13.4. The predicted molar refractivity (Wildman–Crippen MR) is 97.3 cm³/mol. The van der Waals surface area contributed by atoms with Crippen LogP contribution in [0.1, 0.15) is 55.6 Å². The third-order valence-electron chi connectivity index (χ3n) is 4.11. The van der Waals surface area contributed by atoms with Crippen molar-refractivity contribution in [3.63, 3.8) is 0 Å². The summed E-state index contributed by atoms with van der Waals surface area (Å²) in [5, 5.41) is 0. The summed E-state index contributed by atoms with van der Waals surface area (Å²) in [4.78, 5) is 0. The van der Waals surface area contributed by atoms with Gasteiger partial charge in [-0.3, -0.25) is 0 Å². The van der Waals surface area contributed by atoms with Crippen LogP contribution in [-0.2, 0) is 7.05 Å². The van der Waals surface area contributed by atoms with Crippen LogP contribution in [-0.4, -0.2) is 4.57 Å². The molecule has 0 spiro atoms. The van der Waals surface area contributed by atoms with Crippen LogP contribution in [0.5, 0.6) is 0 Å². The molecule has 1 rings (SSSR count). The average molecular weight is 281 g/mol. The number of nitrogens with zero attached hydrogens (tertiary/aromatic N) is 1. The second kappa shape index (κ2) is 7.68. The van der Waals surface area contributed by atoms with Crippen molar-refractivity contribution < 1.29 is 0 Å². The quantitative estimate of drug-likeness (QED) is 0.428. The lowest BCUT2D eigenvalue weighted by Gasteiger charge is -2.18. The standard InChI is InChI=1S/C20H27N/c1-8-13-14-19-17(11-4)18(12-5)20(21(19)7)15(6)16(9-2)10-3/h8-9,11-15H,1,4-5,10H2,2-3,6-7H3/b14-13-,16-9-. The Bertz CT molecular complexity index is 594. The number of aromatic nitrogens is 1. The summed E-state index contributed by atoms with van der Waals surface area (Å²) < 4.78 is 2.25. The molecule has 0 aliphatic rings. The van der Waals surface area contributed by atoms with Crippen LogP contribution in [0.15, 0.2) is 43.5 Å². The molecule has 0 saturated carbocycles. The smallest absolute Gasteiger partial charge is 0.0486 e. The molecule has 112 valence electrons. The van der Waals surface area contributed by atoms with E-state index in [4.69, 9.17) is 0 Å². The Hall–Kier alpha value is -2.02. The molecule has 0 bridgehead atoms. The molecule has 0 fully saturated rings. The molecule has 1 nitrogen and oxygen atoms in total. The van der Waals surface area contributed by atoms with Crippen LogP contribution in [0.25, 0.3) is 18.2 Å². The van der Waals surface area contributed by atoms with Crippen LogP contribution in [0.3, 0.4) is 0 Å². The molecule has 0 N–H and O–H groups in total. The van der Waals surface area contributed by atoms with Gasteiger partial charge < -0.3 is 4.57 Å². The first-order valence-corrected chi connectivity index (χ1v) is 7.48. The third kappa shape index (κ3) is 3.18. The Labute approximate surface area is 129 Å². The third-order valence-corrected chi connectivity index (χ3v) is 4.11. The fourth-order valence-corrected chi connectivity index (χ4v) is 3.02. The highest BCUT2D eigenvalue weighted by Crippen LogP contribution is 2.35. The van der Waals surface area contributed by atoms with Gasteiger partial charge in [-0.2, -0.15) is 0 Å². The first-order valence-electron chi connectivity index (χ1n) is 7.48. The minimum atomic E-state index is 0.364. The van der Waals surface area contributed by atoms with Gasteiger partial charge in [0, 0.05) is 35.5 Å². The number of hydrogen-bond donors (Lipinski definition) is 0. The fourth-order valence-electron chi connectivity index (χ4n) is 3.02. The number of rotatable bonds is 7. The largest absolute Gasteiger partial charge is 0.346 e. The Morgan fingerprint density at radius 2 is 1.81 bits per heavy atom. The van der Waals surface area contributed by atoms with Crippen LogP contribution >= 0.6 is 0 Å². The summed E-state index contributed by atoms with van der Waals surface area (Å²) in [5.74, 6) is 0.364. The molecule has 21 heavy (non-hydrogen) atoms. The second-order valence-electron chi connectivity index (χ2n) is 5.10. The van der Waals surface area contributed by atoms with Gasteiger partial charge in [-0.15, -0.1) is 0 Å². The van der Waals surface area contributed by atoms with Crippen molar-refractivity contribution in [3.05, 3.63) is 66.1 Å². The van der Waals surface area contributed by atoms with E-state index < -0.39 is 0 Å². The summed E-state index contributed by atoms with van der Waals surface area (Å²) in [6.07, 6.45) is 13.0. The summed E-state index contributed by atoms with van der Waals surface area (Å²) in [6, 6.07) is 0. The molecule has 0 aliphatic carbocycles. The van der Waals surface area contributed by atoms with Gasteiger partial charge in [0.2, 0.25) is 0 Å². The van der Waals surface area contributed by atoms with Crippen molar-refractivity contribution in [2.24, 2.45) is 7.05 Å². The molecular formula is C20H27N. The Morgan fingerprint density at radius 1 is 1.19 bits per heavy atom. The zero-order valence-electron chi connectivity index (χ0n) is 13.8. The topological polar surface area (TPSA) is 4.93 Å². The monoisotopic (exact) mass is 281 g/mol. The van der Waals surface area contributed by atoms with Crippen molar-refractivity contribution in [3.8, 4) is 0 Å². The predicted octanol–water partition coefficient (Wildman–Crippen LogP) is 5.97. The molecule has 1 aromatic rings. The van der Waals surface area contributed by atoms with Crippen LogP contribution in [0.2, 0.25) is 0 Å². The summed E-state index contributed by atoms with van der Waals surface area (Å²) in [5.41, 5.74) is 6.19. The fraction of sp³-hybridized carbons (Fsp3) is 0.300. The van der Waals surface area contributed by atoms with E-state index >= 15 is 0 Å². The van der Waals surface area contributed by atoms with Gasteiger partial charge in [0.25, 0.3) is 0 Å². The lowest BCUT2D eigenvalue weighted by Crippen LogP contribution is -2.06. The van der Waals surface area contributed by atoms with E-state index in [1.54, 1.807) is 6.08 Å². The molecule has 0 aliphatic heterocycles. The van der Waals surface area contributed by atoms with Gasteiger partial charge in [-0.1, -0.05) is 69.5 Å². The van der Waals surface area contributed by atoms with E-state index in [-0.39, 0.29) is 0 Å². The van der Waals surface area contributed by atoms with Gasteiger partial charge in [0.15, 0.2) is 0 Å². The minimum Gasteiger partial charge on any atom is -0.346 e. The maximum absolute atomic E-state index is 4.00. The highest BCUT2D eigenvalue weighted by atomic mass is 15.0. The Morgan fingerprint density at radius 3 is 2.24 bits per heavy atom. The van der Waals surface area contributed by atoms with E-state index in [2.05, 4.69) is 64.3 Å². The molecule has 0 amide bonds. The number of hydrogen-bond acceptors (Lipinski definition) is 0. The maximum Gasteiger partial charge on any atom is 0.0486 e. The van der Waals surface area contributed by atoms with E-state index in [0.717, 1.165) is 17.7 Å². The lowest BCUT2D eigenvalue weighted by atomic mass is 9.91. The van der Waals surface area contributed by atoms with E-state index in [0.29, 0.717) is 5.92 Å². The van der Waals surface area contributed by atoms with Crippen LogP contribution in [0.4, 0.5) is 0 Å². The van der Waals surface area contributed by atoms with E-state index in [9.17, 15) is 0 Å². The average Bonchev–Trinajstić information content (AvgIpc) is 2.77. The van der Waals surface area contributed by atoms with E-state index in [1.165, 1.54) is 16.8 Å². The van der Waals surface area contributed by atoms with Crippen molar-refractivity contribution >= 4 is 18.2 Å². The molecule has 1 heterocycles. The van der Waals surface area contributed by atoms with Gasteiger partial charge >= 0.3 is 0 Å². The zero-order valence-corrected chi connectivity index (χ0v) is 13.8. The molecule has 1 aromatic heterocycles. The SMILES string of the molecule is C=C/C=C\c1c(C=C)c(C=C)c(C(C)/C(=C\C)CC)n1C. The maximum atomic E-state index is 4.00. The second-order valence-corrected chi connectivity index (χ2v) is 5.10. The van der Waals surface area contributed by atoms with Gasteiger partial charge in [0.05, 0.1) is 0 Å². The van der Waals surface area contributed by atoms with Crippen LogP contribution in [0, 0.1) is 0 Å². The minimum absolute atomic E-state index is 0.364. The summed E-state index contributed by atoms with van der Waals surface area (Å²) >= 11 is 0. The highest BCUT2D eigenvalue weighted by Gasteiger charge is 2.21. The molecule has 1 atom stereocenters. The van der Waals surface area contributed by atoms with Gasteiger partial charge in [-0.25, -0.2) is 0 Å². The summed E-state index contributed by atoms with van der Waals surface area (Å²) in [6.45, 7) is 18.3. The molecule has 1 unspecified atom stereocenters. The van der Waals surface area contributed by atoms with Crippen LogP contribution < -0.4 is 0 Å². The molecule has 0 aromatic carbocycles. The molecule has 1 heteroatoms. The molecule has 0 saturated heterocycles. The van der Waals surface area contributed by atoms with E-state index in [1.807, 2.05) is 18.2 Å². The Balaban J connectivity index is 3.62. The lowest BCUT2D eigenvalue weighted by molar-refractivity contribution is 0.731. The zero-order chi connectivity index (χ0) is 16.0. The number of allylic oxidation sites excluding steroid dienone is 4. The van der Waals surface area contributed by atoms with Gasteiger partial charge in [-0.05, 0) is 19.4 Å². The van der Waals surface area contributed by atoms with Crippen molar-refractivity contribution in [1.29, 1.82) is 0 Å². The first kappa shape index (κ1) is 17.0.